The summed E-state index contributed by atoms with van der Waals surface area (Å²) in [4.78, 5) is 73.1. The van der Waals surface area contributed by atoms with Crippen LogP contribution in [0.2, 0.25) is 0 Å². The Balaban J connectivity index is 5.27. The van der Waals surface area contributed by atoms with Gasteiger partial charge in [-0.25, -0.2) is 9.13 Å². The number of hydrogen-bond acceptors (Lipinski definition) is 15. The van der Waals surface area contributed by atoms with Gasteiger partial charge in [0.05, 0.1) is 26.4 Å². The molecule has 0 spiro atoms. The largest absolute Gasteiger partial charge is 0.472 e. The fourth-order valence-corrected chi connectivity index (χ4v) is 14.2. The number of carbonyl (C=O) groups excluding carboxylic acids is 4. The monoisotopic (exact) mass is 1480 g/mol. The fraction of sp³-hybridized carbons (Fsp3) is 0.951. The molecule has 0 aliphatic rings. The van der Waals surface area contributed by atoms with Gasteiger partial charge in [0.1, 0.15) is 19.3 Å². The van der Waals surface area contributed by atoms with Crippen LogP contribution >= 0.6 is 15.6 Å². The molecule has 0 radical (unpaired) electrons. The first-order valence-electron chi connectivity index (χ1n) is 42.4. The molecule has 0 saturated heterocycles. The highest BCUT2D eigenvalue weighted by Gasteiger charge is 2.30. The van der Waals surface area contributed by atoms with E-state index in [2.05, 4.69) is 48.5 Å². The average Bonchev–Trinajstić information content (AvgIpc) is 0.937. The van der Waals surface area contributed by atoms with Gasteiger partial charge in [-0.3, -0.25) is 37.3 Å². The molecule has 0 heterocycles. The number of unbranched alkanes of at least 4 members (excludes halogenated alkanes) is 47. The van der Waals surface area contributed by atoms with Crippen molar-refractivity contribution in [2.24, 2.45) is 17.8 Å². The van der Waals surface area contributed by atoms with E-state index in [0.29, 0.717) is 25.7 Å². The third-order valence-corrected chi connectivity index (χ3v) is 21.4. The van der Waals surface area contributed by atoms with Crippen molar-refractivity contribution in [1.29, 1.82) is 0 Å². The predicted molar refractivity (Wildman–Crippen MR) is 414 cm³/mol. The minimum Gasteiger partial charge on any atom is -0.462 e. The van der Waals surface area contributed by atoms with E-state index in [4.69, 9.17) is 37.0 Å². The molecule has 0 saturated carbocycles. The van der Waals surface area contributed by atoms with E-state index in [1.54, 1.807) is 0 Å². The summed E-state index contributed by atoms with van der Waals surface area (Å²) in [6.07, 6.45) is 60.9. The van der Waals surface area contributed by atoms with Gasteiger partial charge in [0.25, 0.3) is 0 Å². The van der Waals surface area contributed by atoms with Crippen LogP contribution in [0.5, 0.6) is 0 Å². The lowest BCUT2D eigenvalue weighted by atomic mass is 9.99. The first kappa shape index (κ1) is 99.1. The van der Waals surface area contributed by atoms with Crippen molar-refractivity contribution in [1.82, 2.24) is 0 Å². The zero-order chi connectivity index (χ0) is 74.4. The third-order valence-electron chi connectivity index (χ3n) is 19.5. The van der Waals surface area contributed by atoms with E-state index in [1.807, 2.05) is 0 Å². The van der Waals surface area contributed by atoms with Crippen molar-refractivity contribution in [2.45, 2.75) is 446 Å². The molecule has 17 nitrogen and oxygen atoms in total. The second kappa shape index (κ2) is 72.3. The summed E-state index contributed by atoms with van der Waals surface area (Å²) in [5, 5.41) is 10.7. The zero-order valence-corrected chi connectivity index (χ0v) is 68.2. The van der Waals surface area contributed by atoms with Crippen LogP contribution in [0.15, 0.2) is 0 Å². The molecule has 0 amide bonds. The predicted octanol–water partition coefficient (Wildman–Crippen LogP) is 24.5. The summed E-state index contributed by atoms with van der Waals surface area (Å²) in [5.41, 5.74) is 0. The highest BCUT2D eigenvalue weighted by atomic mass is 31.2. The molecular formula is C82H160O17P2. The van der Waals surface area contributed by atoms with E-state index in [9.17, 15) is 43.2 Å². The van der Waals surface area contributed by atoms with Crippen LogP contribution < -0.4 is 0 Å². The molecule has 0 aromatic rings. The van der Waals surface area contributed by atoms with Crippen LogP contribution in [0.1, 0.15) is 427 Å². The van der Waals surface area contributed by atoms with Crippen LogP contribution in [-0.2, 0) is 65.4 Å². The lowest BCUT2D eigenvalue weighted by molar-refractivity contribution is -0.161. The molecule has 19 heteroatoms. The molecule has 0 bridgehead atoms. The molecule has 0 fully saturated rings. The van der Waals surface area contributed by atoms with Gasteiger partial charge in [-0.1, -0.05) is 376 Å². The van der Waals surface area contributed by atoms with Crippen LogP contribution in [0, 0.1) is 17.8 Å². The summed E-state index contributed by atoms with van der Waals surface area (Å²) >= 11 is 0. The number of ether oxygens (including phenoxy) is 4. The van der Waals surface area contributed by atoms with Crippen LogP contribution in [0.4, 0.5) is 0 Å². The Labute approximate surface area is 619 Å². The molecule has 101 heavy (non-hydrogen) atoms. The van der Waals surface area contributed by atoms with Gasteiger partial charge in [-0.2, -0.15) is 0 Å². The first-order chi connectivity index (χ1) is 48.8. The van der Waals surface area contributed by atoms with Gasteiger partial charge in [-0.05, 0) is 43.4 Å². The molecular weight excluding hydrogens is 1320 g/mol. The van der Waals surface area contributed by atoms with Crippen molar-refractivity contribution in [3.63, 3.8) is 0 Å². The van der Waals surface area contributed by atoms with Gasteiger partial charge >= 0.3 is 39.5 Å². The van der Waals surface area contributed by atoms with Crippen LogP contribution in [0.25, 0.3) is 0 Å². The number of rotatable bonds is 80. The number of phosphoric acid groups is 2. The number of carbonyl (C=O) groups is 4. The first-order valence-corrected chi connectivity index (χ1v) is 45.4. The Bertz CT molecular complexity index is 1960. The van der Waals surface area contributed by atoms with Gasteiger partial charge < -0.3 is 33.8 Å². The maximum atomic E-state index is 13.1. The Morgan fingerprint density at radius 2 is 0.505 bits per heavy atom. The molecule has 3 N–H and O–H groups in total. The molecule has 0 aromatic carbocycles. The lowest BCUT2D eigenvalue weighted by Crippen LogP contribution is -2.30. The van der Waals surface area contributed by atoms with Crippen molar-refractivity contribution in [3.8, 4) is 0 Å². The minimum atomic E-state index is -4.96. The van der Waals surface area contributed by atoms with Gasteiger partial charge in [0, 0.05) is 25.7 Å². The normalized spacial score (nSPS) is 14.2. The number of aliphatic hydroxyl groups is 1. The highest BCUT2D eigenvalue weighted by Crippen LogP contribution is 2.45. The lowest BCUT2D eigenvalue weighted by Gasteiger charge is -2.21. The van der Waals surface area contributed by atoms with Gasteiger partial charge in [-0.15, -0.1) is 0 Å². The minimum absolute atomic E-state index is 0.108. The van der Waals surface area contributed by atoms with Crippen molar-refractivity contribution < 1.29 is 80.2 Å². The Morgan fingerprint density at radius 1 is 0.287 bits per heavy atom. The molecule has 0 aromatic heterocycles. The van der Waals surface area contributed by atoms with E-state index >= 15 is 0 Å². The van der Waals surface area contributed by atoms with E-state index < -0.39 is 97.5 Å². The third kappa shape index (κ3) is 74.7. The zero-order valence-electron chi connectivity index (χ0n) is 66.4. The molecule has 600 valence electrons. The maximum Gasteiger partial charge on any atom is 0.472 e. The molecule has 0 aliphatic carbocycles. The summed E-state index contributed by atoms with van der Waals surface area (Å²) in [5.74, 6) is 0.256. The number of phosphoric ester groups is 2. The fourth-order valence-electron chi connectivity index (χ4n) is 12.6. The van der Waals surface area contributed by atoms with Gasteiger partial charge in [0.2, 0.25) is 0 Å². The molecule has 6 atom stereocenters. The quantitative estimate of drug-likeness (QED) is 0.0222. The Morgan fingerprint density at radius 3 is 0.752 bits per heavy atom. The maximum absolute atomic E-state index is 13.1. The van der Waals surface area contributed by atoms with E-state index in [0.717, 1.165) is 108 Å². The molecule has 3 unspecified atom stereocenters. The molecule has 0 rings (SSSR count). The van der Waals surface area contributed by atoms with Crippen molar-refractivity contribution >= 4 is 39.5 Å². The Kier molecular flexibility index (Phi) is 70.9. The summed E-state index contributed by atoms with van der Waals surface area (Å²) in [7, 11) is -9.92. The van der Waals surface area contributed by atoms with Gasteiger partial charge in [0.15, 0.2) is 12.2 Å². The second-order valence-electron chi connectivity index (χ2n) is 30.7. The summed E-state index contributed by atoms with van der Waals surface area (Å²) in [6.45, 7) is 12.0. The SMILES string of the molecule is CCCCCCCCCCCCCCCCCCC(=O)O[C@H](COC(=O)CCCCCCCCCCC(C)CC)COP(=O)(O)OC[C@H](O)COP(=O)(O)OC[C@@H](COC(=O)CCCCCCCCCCCCCCCC(C)C)OC(=O)CCCCCCCCCCCCCCCCC(C)C. The number of esters is 4. The van der Waals surface area contributed by atoms with Crippen molar-refractivity contribution in [2.75, 3.05) is 39.6 Å². The standard InChI is InChI=1S/C82H160O17P2/c1-8-10-11-12-13-14-15-16-17-18-24-30-35-44-51-58-65-82(87)99-78(70-93-80(85)64-57-50-43-38-37-41-48-55-62-75(7)9-2)72-97-101(90,91)95-68-76(83)67-94-100(88,89)96-71-77(69-92-79(84)63-56-49-42-34-29-26-21-23-28-33-40-47-54-61-74(5)6)98-81(86)66-59-52-45-36-31-25-20-19-22-27-32-39-46-53-60-73(3)4/h73-78,83H,8-72H2,1-7H3,(H,88,89)(H,90,91)/t75?,76-,77-,78-/m1/s1. The number of aliphatic hydroxyl groups excluding tert-OH is 1. The summed E-state index contributed by atoms with van der Waals surface area (Å²) < 4.78 is 68.8. The highest BCUT2D eigenvalue weighted by molar-refractivity contribution is 7.47. The van der Waals surface area contributed by atoms with Crippen LogP contribution in [-0.4, -0.2) is 96.7 Å². The second-order valence-corrected chi connectivity index (χ2v) is 33.6. The Hall–Kier alpha value is -1.94. The van der Waals surface area contributed by atoms with Crippen molar-refractivity contribution in [3.05, 3.63) is 0 Å². The number of hydrogen-bond donors (Lipinski definition) is 3. The topological polar surface area (TPSA) is 237 Å². The van der Waals surface area contributed by atoms with E-state index in [-0.39, 0.29) is 25.7 Å². The average molecular weight is 1480 g/mol. The van der Waals surface area contributed by atoms with E-state index in [1.165, 1.54) is 238 Å². The summed E-state index contributed by atoms with van der Waals surface area (Å²) in [6, 6.07) is 0. The smallest absolute Gasteiger partial charge is 0.462 e. The molecule has 0 aliphatic heterocycles. The van der Waals surface area contributed by atoms with Crippen LogP contribution in [0.3, 0.4) is 0 Å².